The zero-order valence-corrected chi connectivity index (χ0v) is 13.2. The van der Waals surface area contributed by atoms with Crippen molar-refractivity contribution in [1.29, 1.82) is 0 Å². The van der Waals surface area contributed by atoms with Crippen LogP contribution < -0.4 is 5.32 Å². The summed E-state index contributed by atoms with van der Waals surface area (Å²) in [5.74, 6) is -1.87. The maximum absolute atomic E-state index is 11.5. The van der Waals surface area contributed by atoms with Gasteiger partial charge in [0.25, 0.3) is 11.8 Å². The summed E-state index contributed by atoms with van der Waals surface area (Å²) in [7, 11) is 0. The van der Waals surface area contributed by atoms with Crippen molar-refractivity contribution >= 4 is 23.9 Å². The van der Waals surface area contributed by atoms with Crippen LogP contribution in [-0.4, -0.2) is 42.1 Å². The fourth-order valence-corrected chi connectivity index (χ4v) is 1.71. The molecule has 0 atom stereocenters. The first kappa shape index (κ1) is 18.4. The van der Waals surface area contributed by atoms with E-state index in [2.05, 4.69) is 10.2 Å². The molecule has 1 heterocycles. The lowest BCUT2D eigenvalue weighted by Crippen LogP contribution is -2.34. The standard InChI is InChI=1S/C15H20N2O6/c1-3-5-11(4-2)10-22-15(21)16-9-8-14(20)23-17-12(18)6-7-13(17)19/h3-5H,6-10H2,1-2H3,(H,16,21)/b5-3-,11-4+. The summed E-state index contributed by atoms with van der Waals surface area (Å²) in [6.07, 6.45) is 4.68. The van der Waals surface area contributed by atoms with Gasteiger partial charge in [0.15, 0.2) is 0 Å². The zero-order valence-electron chi connectivity index (χ0n) is 13.2. The molecule has 1 saturated heterocycles. The molecule has 0 unspecified atom stereocenters. The average molecular weight is 324 g/mol. The van der Waals surface area contributed by atoms with Crippen molar-refractivity contribution < 1.29 is 28.8 Å². The molecule has 1 aliphatic heterocycles. The van der Waals surface area contributed by atoms with Gasteiger partial charge in [-0.2, -0.15) is 0 Å². The van der Waals surface area contributed by atoms with Gasteiger partial charge >= 0.3 is 12.1 Å². The molecule has 0 aromatic carbocycles. The molecule has 0 radical (unpaired) electrons. The summed E-state index contributed by atoms with van der Waals surface area (Å²) in [5.41, 5.74) is 0.841. The van der Waals surface area contributed by atoms with Crippen LogP contribution >= 0.6 is 0 Å². The number of carbonyl (C=O) groups is 4. The van der Waals surface area contributed by atoms with Gasteiger partial charge in [0, 0.05) is 19.4 Å². The van der Waals surface area contributed by atoms with Crippen LogP contribution in [0.15, 0.2) is 23.8 Å². The van der Waals surface area contributed by atoms with E-state index in [-0.39, 0.29) is 32.4 Å². The van der Waals surface area contributed by atoms with E-state index in [1.54, 1.807) is 0 Å². The lowest BCUT2D eigenvalue weighted by atomic mass is 10.2. The topological polar surface area (TPSA) is 102 Å². The molecule has 8 nitrogen and oxygen atoms in total. The number of hydrogen-bond donors (Lipinski definition) is 1. The molecule has 1 rings (SSSR count). The number of amides is 3. The van der Waals surface area contributed by atoms with Crippen LogP contribution in [0.4, 0.5) is 4.79 Å². The van der Waals surface area contributed by atoms with Gasteiger partial charge < -0.3 is 14.9 Å². The Morgan fingerprint density at radius 2 is 1.87 bits per heavy atom. The summed E-state index contributed by atoms with van der Waals surface area (Å²) in [5, 5.41) is 2.85. The third-order valence-electron chi connectivity index (χ3n) is 2.92. The molecule has 126 valence electrons. The minimum absolute atomic E-state index is 0.0251. The minimum Gasteiger partial charge on any atom is -0.445 e. The fraction of sp³-hybridized carbons (Fsp3) is 0.467. The molecule has 0 aromatic rings. The van der Waals surface area contributed by atoms with E-state index in [0.717, 1.165) is 5.57 Å². The second-order valence-electron chi connectivity index (χ2n) is 4.66. The first-order valence-corrected chi connectivity index (χ1v) is 7.23. The number of nitrogens with one attached hydrogen (secondary N) is 1. The quantitative estimate of drug-likeness (QED) is 0.558. The summed E-state index contributed by atoms with van der Waals surface area (Å²) < 4.78 is 4.96. The Hall–Kier alpha value is -2.64. The highest BCUT2D eigenvalue weighted by molar-refractivity contribution is 6.01. The van der Waals surface area contributed by atoms with Crippen LogP contribution in [0.5, 0.6) is 0 Å². The predicted molar refractivity (Wildman–Crippen MR) is 79.7 cm³/mol. The monoisotopic (exact) mass is 324 g/mol. The Labute approximate surface area is 134 Å². The van der Waals surface area contributed by atoms with Crippen molar-refractivity contribution in [3.63, 3.8) is 0 Å². The zero-order chi connectivity index (χ0) is 17.2. The van der Waals surface area contributed by atoms with Crippen LogP contribution in [-0.2, 0) is 24.0 Å². The van der Waals surface area contributed by atoms with Gasteiger partial charge in [0.2, 0.25) is 0 Å². The largest absolute Gasteiger partial charge is 0.445 e. The van der Waals surface area contributed by atoms with Gasteiger partial charge in [-0.05, 0) is 19.4 Å². The van der Waals surface area contributed by atoms with Gasteiger partial charge in [-0.1, -0.05) is 18.2 Å². The second-order valence-corrected chi connectivity index (χ2v) is 4.66. The lowest BCUT2D eigenvalue weighted by molar-refractivity contribution is -0.197. The van der Waals surface area contributed by atoms with E-state index in [1.807, 2.05) is 32.1 Å². The van der Waals surface area contributed by atoms with Crippen molar-refractivity contribution in [3.05, 3.63) is 23.8 Å². The predicted octanol–water partition coefficient (Wildman–Crippen LogP) is 1.23. The molecule has 3 amide bonds. The molecule has 1 fully saturated rings. The summed E-state index contributed by atoms with van der Waals surface area (Å²) >= 11 is 0. The summed E-state index contributed by atoms with van der Waals surface area (Å²) in [6, 6.07) is 0. The van der Waals surface area contributed by atoms with E-state index in [1.165, 1.54) is 0 Å². The fourth-order valence-electron chi connectivity index (χ4n) is 1.71. The molecule has 0 aliphatic carbocycles. The summed E-state index contributed by atoms with van der Waals surface area (Å²) in [6.45, 7) is 3.77. The molecule has 23 heavy (non-hydrogen) atoms. The normalized spacial score (nSPS) is 15.2. The van der Waals surface area contributed by atoms with E-state index in [4.69, 9.17) is 4.74 Å². The van der Waals surface area contributed by atoms with Crippen molar-refractivity contribution in [2.24, 2.45) is 0 Å². The highest BCUT2D eigenvalue weighted by atomic mass is 16.7. The number of nitrogens with zero attached hydrogens (tertiary/aromatic N) is 1. The van der Waals surface area contributed by atoms with Gasteiger partial charge in [-0.25, -0.2) is 9.59 Å². The number of alkyl carbamates (subject to hydrolysis) is 1. The van der Waals surface area contributed by atoms with Crippen LogP contribution in [0.1, 0.15) is 33.1 Å². The number of ether oxygens (including phenoxy) is 1. The first-order valence-electron chi connectivity index (χ1n) is 7.23. The molecule has 1 aliphatic rings. The molecule has 0 aromatic heterocycles. The average Bonchev–Trinajstić information content (AvgIpc) is 2.83. The van der Waals surface area contributed by atoms with E-state index < -0.39 is 23.9 Å². The van der Waals surface area contributed by atoms with E-state index in [9.17, 15) is 19.2 Å². The number of hydroxylamine groups is 2. The maximum Gasteiger partial charge on any atom is 0.407 e. The minimum atomic E-state index is -0.781. The van der Waals surface area contributed by atoms with Crippen LogP contribution in [0.2, 0.25) is 0 Å². The van der Waals surface area contributed by atoms with Crippen molar-refractivity contribution in [1.82, 2.24) is 10.4 Å². The Balaban J connectivity index is 2.23. The van der Waals surface area contributed by atoms with Crippen molar-refractivity contribution in [2.45, 2.75) is 33.1 Å². The molecular weight excluding hydrogens is 304 g/mol. The number of allylic oxidation sites excluding steroid dienone is 2. The number of carbonyl (C=O) groups excluding carboxylic acids is 4. The Kier molecular flexibility index (Phi) is 7.52. The molecule has 8 heteroatoms. The molecule has 0 spiro atoms. The highest BCUT2D eigenvalue weighted by Gasteiger charge is 2.32. The highest BCUT2D eigenvalue weighted by Crippen LogP contribution is 2.12. The SMILES string of the molecule is C/C=C\C(=C/C)COC(=O)NCCC(=O)ON1C(=O)CCC1=O. The van der Waals surface area contributed by atoms with Gasteiger partial charge in [0.1, 0.15) is 6.61 Å². The van der Waals surface area contributed by atoms with E-state index in [0.29, 0.717) is 5.06 Å². The van der Waals surface area contributed by atoms with Gasteiger partial charge in [-0.3, -0.25) is 9.59 Å². The molecule has 0 bridgehead atoms. The first-order chi connectivity index (χ1) is 11.0. The third kappa shape index (κ3) is 6.33. The van der Waals surface area contributed by atoms with Crippen molar-refractivity contribution in [3.8, 4) is 0 Å². The lowest BCUT2D eigenvalue weighted by Gasteiger charge is -2.12. The van der Waals surface area contributed by atoms with E-state index >= 15 is 0 Å². The Bertz CT molecular complexity index is 522. The third-order valence-corrected chi connectivity index (χ3v) is 2.92. The van der Waals surface area contributed by atoms with Gasteiger partial charge in [-0.15, -0.1) is 5.06 Å². The number of rotatable bonds is 7. The number of hydrogen-bond acceptors (Lipinski definition) is 6. The van der Waals surface area contributed by atoms with Crippen LogP contribution in [0.3, 0.4) is 0 Å². The molecular formula is C15H20N2O6. The number of imide groups is 1. The van der Waals surface area contributed by atoms with Crippen LogP contribution in [0.25, 0.3) is 0 Å². The Morgan fingerprint density at radius 3 is 2.43 bits per heavy atom. The van der Waals surface area contributed by atoms with Gasteiger partial charge in [0.05, 0.1) is 6.42 Å². The second kappa shape index (κ2) is 9.39. The summed E-state index contributed by atoms with van der Waals surface area (Å²) in [4.78, 5) is 50.1. The van der Waals surface area contributed by atoms with Crippen molar-refractivity contribution in [2.75, 3.05) is 13.2 Å². The smallest absolute Gasteiger partial charge is 0.407 e. The molecule has 1 N–H and O–H groups in total. The Morgan fingerprint density at radius 1 is 1.22 bits per heavy atom. The van der Waals surface area contributed by atoms with Crippen LogP contribution in [0, 0.1) is 0 Å². The molecule has 0 saturated carbocycles. The maximum atomic E-state index is 11.5.